The molecule has 0 heterocycles. The average molecular weight is 390 g/mol. The summed E-state index contributed by atoms with van der Waals surface area (Å²) in [6.07, 6.45) is -0.670. The number of aliphatic hydroxyl groups is 1. The number of nitrogens with two attached hydrogens (primary N) is 1. The van der Waals surface area contributed by atoms with Gasteiger partial charge in [0.05, 0.1) is 19.1 Å². The van der Waals surface area contributed by atoms with E-state index in [1.807, 2.05) is 0 Å². The zero-order valence-electron chi connectivity index (χ0n) is 15.3. The third-order valence-electron chi connectivity index (χ3n) is 3.53. The summed E-state index contributed by atoms with van der Waals surface area (Å²) in [5.74, 6) is -5.60. The number of carboxylic acids is 2. The molecule has 0 rings (SSSR count). The van der Waals surface area contributed by atoms with Crippen molar-refractivity contribution < 1.29 is 39.3 Å². The monoisotopic (exact) mass is 390 g/mol. The number of hydrogen-bond acceptors (Lipinski definition) is 7. The second kappa shape index (κ2) is 11.1. The Morgan fingerprint density at radius 1 is 0.889 bits per heavy atom. The molecule has 0 saturated heterocycles. The zero-order chi connectivity index (χ0) is 21.3. The standard InChI is InChI=1S/C15H26N4O8/c1-6(2)11(15(26)27)19-12(23)7(3)17-14(25)9(5-20)18-13(24)8(16)4-10(21)22/h6-9,11,20H,4-5,16H2,1-3H3,(H,17,25)(H,18,24)(H,19,23)(H,21,22)(H,26,27). The second-order valence-electron chi connectivity index (χ2n) is 6.25. The molecule has 0 aliphatic heterocycles. The lowest BCUT2D eigenvalue weighted by atomic mass is 10.0. The zero-order valence-corrected chi connectivity index (χ0v) is 15.3. The quantitative estimate of drug-likeness (QED) is 0.191. The van der Waals surface area contributed by atoms with E-state index in [2.05, 4.69) is 16.0 Å². The summed E-state index contributed by atoms with van der Waals surface area (Å²) in [5.41, 5.74) is 5.36. The first-order valence-electron chi connectivity index (χ1n) is 8.12. The van der Waals surface area contributed by atoms with Crippen molar-refractivity contribution in [3.63, 3.8) is 0 Å². The average Bonchev–Trinajstić information content (AvgIpc) is 2.55. The molecule has 0 aromatic heterocycles. The molecule has 4 atom stereocenters. The van der Waals surface area contributed by atoms with Gasteiger partial charge in [-0.05, 0) is 12.8 Å². The molecule has 0 spiro atoms. The largest absolute Gasteiger partial charge is 0.481 e. The van der Waals surface area contributed by atoms with E-state index in [4.69, 9.17) is 15.9 Å². The predicted octanol–water partition coefficient (Wildman–Crippen LogP) is -3.00. The van der Waals surface area contributed by atoms with Gasteiger partial charge < -0.3 is 37.0 Å². The molecule has 0 fully saturated rings. The summed E-state index contributed by atoms with van der Waals surface area (Å²) in [5, 5.41) is 33.5. The topological polar surface area (TPSA) is 208 Å². The van der Waals surface area contributed by atoms with Crippen LogP contribution in [0.5, 0.6) is 0 Å². The number of nitrogens with one attached hydrogen (secondary N) is 3. The number of carboxylic acid groups (broad SMARTS) is 2. The van der Waals surface area contributed by atoms with Crippen LogP contribution >= 0.6 is 0 Å². The first kappa shape index (κ1) is 24.3. The lowest BCUT2D eigenvalue weighted by molar-refractivity contribution is -0.143. The first-order valence-corrected chi connectivity index (χ1v) is 8.12. The molecule has 0 radical (unpaired) electrons. The van der Waals surface area contributed by atoms with Crippen LogP contribution in [0.4, 0.5) is 0 Å². The van der Waals surface area contributed by atoms with Gasteiger partial charge in [-0.15, -0.1) is 0 Å². The Hall–Kier alpha value is -2.73. The van der Waals surface area contributed by atoms with Crippen LogP contribution in [-0.4, -0.2) is 75.8 Å². The lowest BCUT2D eigenvalue weighted by Gasteiger charge is -2.23. The normalized spacial score (nSPS) is 15.2. The lowest BCUT2D eigenvalue weighted by Crippen LogP contribution is -2.57. The van der Waals surface area contributed by atoms with Crippen LogP contribution in [0.15, 0.2) is 0 Å². The SMILES string of the molecule is CC(NC(=O)C(CO)NC(=O)C(N)CC(=O)O)C(=O)NC(C(=O)O)C(C)C. The highest BCUT2D eigenvalue weighted by Crippen LogP contribution is 2.02. The molecule has 0 aliphatic carbocycles. The van der Waals surface area contributed by atoms with Gasteiger partial charge in [0.1, 0.15) is 18.1 Å². The molecule has 0 saturated carbocycles. The van der Waals surface area contributed by atoms with E-state index in [1.54, 1.807) is 13.8 Å². The van der Waals surface area contributed by atoms with Crippen molar-refractivity contribution in [2.24, 2.45) is 11.7 Å². The molecule has 12 heteroatoms. The molecular formula is C15H26N4O8. The van der Waals surface area contributed by atoms with E-state index in [-0.39, 0.29) is 0 Å². The van der Waals surface area contributed by atoms with E-state index >= 15 is 0 Å². The maximum absolute atomic E-state index is 12.1. The number of aliphatic carboxylic acids is 2. The third-order valence-corrected chi connectivity index (χ3v) is 3.53. The van der Waals surface area contributed by atoms with Crippen molar-refractivity contribution in [2.75, 3.05) is 6.61 Å². The Bertz CT molecular complexity index is 580. The maximum atomic E-state index is 12.1. The summed E-state index contributed by atoms with van der Waals surface area (Å²) in [7, 11) is 0. The molecule has 4 unspecified atom stereocenters. The van der Waals surface area contributed by atoms with E-state index in [9.17, 15) is 29.1 Å². The molecular weight excluding hydrogens is 364 g/mol. The molecule has 0 aliphatic rings. The number of carbonyl (C=O) groups is 5. The molecule has 154 valence electrons. The van der Waals surface area contributed by atoms with Crippen molar-refractivity contribution in [1.82, 2.24) is 16.0 Å². The predicted molar refractivity (Wildman–Crippen MR) is 91.3 cm³/mol. The Labute approximate surface area is 155 Å². The summed E-state index contributed by atoms with van der Waals surface area (Å²) in [6.45, 7) is 3.66. The second-order valence-corrected chi connectivity index (χ2v) is 6.25. The third kappa shape index (κ3) is 8.46. The smallest absolute Gasteiger partial charge is 0.326 e. The van der Waals surface area contributed by atoms with E-state index < -0.39 is 72.8 Å². The van der Waals surface area contributed by atoms with Crippen LogP contribution in [0, 0.1) is 5.92 Å². The van der Waals surface area contributed by atoms with Crippen LogP contribution in [0.1, 0.15) is 27.2 Å². The Kier molecular flexibility index (Phi) is 9.96. The Balaban J connectivity index is 4.81. The molecule has 12 nitrogen and oxygen atoms in total. The van der Waals surface area contributed by atoms with Crippen LogP contribution in [0.25, 0.3) is 0 Å². The molecule has 0 bridgehead atoms. The number of aliphatic hydroxyl groups excluding tert-OH is 1. The van der Waals surface area contributed by atoms with Crippen molar-refractivity contribution >= 4 is 29.7 Å². The Morgan fingerprint density at radius 2 is 1.44 bits per heavy atom. The number of amides is 3. The van der Waals surface area contributed by atoms with Gasteiger partial charge in [-0.25, -0.2) is 4.79 Å². The van der Waals surface area contributed by atoms with Gasteiger partial charge in [0, 0.05) is 0 Å². The van der Waals surface area contributed by atoms with Crippen LogP contribution in [-0.2, 0) is 24.0 Å². The minimum Gasteiger partial charge on any atom is -0.481 e. The van der Waals surface area contributed by atoms with Gasteiger partial charge in [-0.1, -0.05) is 13.8 Å². The van der Waals surface area contributed by atoms with Crippen LogP contribution in [0.3, 0.4) is 0 Å². The van der Waals surface area contributed by atoms with Gasteiger partial charge in [0.25, 0.3) is 0 Å². The summed E-state index contributed by atoms with van der Waals surface area (Å²) < 4.78 is 0. The minimum atomic E-state index is -1.46. The van der Waals surface area contributed by atoms with Gasteiger partial charge in [0.2, 0.25) is 17.7 Å². The number of hydrogen-bond donors (Lipinski definition) is 7. The molecule has 27 heavy (non-hydrogen) atoms. The fourth-order valence-electron chi connectivity index (χ4n) is 1.93. The molecule has 0 aromatic rings. The van der Waals surface area contributed by atoms with Gasteiger partial charge in [0.15, 0.2) is 0 Å². The van der Waals surface area contributed by atoms with Gasteiger partial charge in [-0.3, -0.25) is 19.2 Å². The fourth-order valence-corrected chi connectivity index (χ4v) is 1.93. The van der Waals surface area contributed by atoms with E-state index in [0.717, 1.165) is 0 Å². The van der Waals surface area contributed by atoms with E-state index in [1.165, 1.54) is 6.92 Å². The molecule has 3 amide bonds. The van der Waals surface area contributed by atoms with Crippen LogP contribution < -0.4 is 21.7 Å². The van der Waals surface area contributed by atoms with Crippen molar-refractivity contribution in [1.29, 1.82) is 0 Å². The van der Waals surface area contributed by atoms with Crippen LogP contribution in [0.2, 0.25) is 0 Å². The van der Waals surface area contributed by atoms with E-state index in [0.29, 0.717) is 0 Å². The maximum Gasteiger partial charge on any atom is 0.326 e. The highest BCUT2D eigenvalue weighted by atomic mass is 16.4. The summed E-state index contributed by atoms with van der Waals surface area (Å²) in [6, 6.07) is -5.20. The number of carbonyl (C=O) groups excluding carboxylic acids is 3. The van der Waals surface area contributed by atoms with Gasteiger partial charge >= 0.3 is 11.9 Å². The van der Waals surface area contributed by atoms with Crippen molar-refractivity contribution in [3.8, 4) is 0 Å². The van der Waals surface area contributed by atoms with Crippen molar-refractivity contribution in [2.45, 2.75) is 51.4 Å². The Morgan fingerprint density at radius 3 is 1.85 bits per heavy atom. The summed E-state index contributed by atoms with van der Waals surface area (Å²) >= 11 is 0. The fraction of sp³-hybridized carbons (Fsp3) is 0.667. The highest BCUT2D eigenvalue weighted by molar-refractivity contribution is 5.94. The number of rotatable bonds is 11. The molecule has 8 N–H and O–H groups in total. The summed E-state index contributed by atoms with van der Waals surface area (Å²) in [4.78, 5) is 57.5. The minimum absolute atomic E-state index is 0.394. The highest BCUT2D eigenvalue weighted by Gasteiger charge is 2.29. The van der Waals surface area contributed by atoms with Crippen molar-refractivity contribution in [3.05, 3.63) is 0 Å². The van der Waals surface area contributed by atoms with Gasteiger partial charge in [-0.2, -0.15) is 0 Å². The first-order chi connectivity index (χ1) is 12.4. The molecule has 0 aromatic carbocycles.